The summed E-state index contributed by atoms with van der Waals surface area (Å²) in [5.74, 6) is -0.438. The molecule has 0 atom stereocenters. The van der Waals surface area contributed by atoms with Crippen molar-refractivity contribution in [3.8, 4) is 0 Å². The molecule has 13 heavy (non-hydrogen) atoms. The van der Waals surface area contributed by atoms with Gasteiger partial charge >= 0.3 is 0 Å². The van der Waals surface area contributed by atoms with Crippen LogP contribution in [0.3, 0.4) is 0 Å². The second-order valence-electron chi connectivity index (χ2n) is 2.76. The summed E-state index contributed by atoms with van der Waals surface area (Å²) >= 11 is 0. The highest BCUT2D eigenvalue weighted by atomic mass is 16.1. The fourth-order valence-electron chi connectivity index (χ4n) is 0.614. The van der Waals surface area contributed by atoms with Crippen molar-refractivity contribution >= 4 is 5.91 Å². The molecule has 0 radical (unpaired) electrons. The van der Waals surface area contributed by atoms with E-state index in [1.165, 1.54) is 12.6 Å². The van der Waals surface area contributed by atoms with Gasteiger partial charge in [-0.15, -0.1) is 0 Å². The molecule has 3 heteroatoms. The van der Waals surface area contributed by atoms with E-state index in [-0.39, 0.29) is 1.43 Å². The molecule has 0 aliphatic heterocycles. The molecule has 1 rings (SSSR count). The molecule has 0 aromatic carbocycles. The highest BCUT2D eigenvalue weighted by molar-refractivity contribution is 5.92. The van der Waals surface area contributed by atoms with Crippen molar-refractivity contribution in [2.24, 2.45) is 5.73 Å². The van der Waals surface area contributed by atoms with Crippen LogP contribution in [0.15, 0.2) is 18.3 Å². The Balaban J connectivity index is 0. The summed E-state index contributed by atoms with van der Waals surface area (Å²) in [4.78, 5) is 14.4. The molecule has 0 spiro atoms. The minimum atomic E-state index is -0.438. The number of aryl methyl sites for hydroxylation is 1. The van der Waals surface area contributed by atoms with Gasteiger partial charge in [-0.05, 0) is 19.1 Å². The molecule has 1 aromatic heterocycles. The Morgan fingerprint density at radius 3 is 2.38 bits per heavy atom. The number of rotatable bonds is 1. The maximum atomic E-state index is 10.5. The topological polar surface area (TPSA) is 56.0 Å². The first-order valence-electron chi connectivity index (χ1n) is 4.34. The third kappa shape index (κ3) is 4.95. The average molecular weight is 182 g/mol. The average Bonchev–Trinajstić information content (AvgIpc) is 2.06. The van der Waals surface area contributed by atoms with Crippen molar-refractivity contribution in [3.05, 3.63) is 29.6 Å². The van der Waals surface area contributed by atoms with Crippen LogP contribution < -0.4 is 5.73 Å². The van der Waals surface area contributed by atoms with Crippen molar-refractivity contribution in [1.82, 2.24) is 4.98 Å². The molecule has 0 aliphatic rings. The number of nitrogens with two attached hydrogens (primary N) is 1. The van der Waals surface area contributed by atoms with Gasteiger partial charge in [-0.25, -0.2) is 0 Å². The SMILES string of the molecule is CCC.Cc1ccc(C(N)=O)cn1.[HH]. The molecule has 0 bridgehead atoms. The second kappa shape index (κ2) is 6.17. The Morgan fingerprint density at radius 1 is 1.54 bits per heavy atom. The summed E-state index contributed by atoms with van der Waals surface area (Å²) in [6, 6.07) is 3.41. The quantitative estimate of drug-likeness (QED) is 0.723. The summed E-state index contributed by atoms with van der Waals surface area (Å²) in [6.45, 7) is 6.10. The number of hydrogen-bond acceptors (Lipinski definition) is 2. The summed E-state index contributed by atoms with van der Waals surface area (Å²) in [6.07, 6.45) is 2.72. The number of primary amides is 1. The van der Waals surface area contributed by atoms with Gasteiger partial charge in [0.25, 0.3) is 0 Å². The van der Waals surface area contributed by atoms with E-state index >= 15 is 0 Å². The second-order valence-corrected chi connectivity index (χ2v) is 2.76. The Morgan fingerprint density at radius 2 is 2.08 bits per heavy atom. The monoisotopic (exact) mass is 182 g/mol. The first-order chi connectivity index (χ1) is 6.11. The predicted octanol–water partition coefficient (Wildman–Crippen LogP) is 2.15. The van der Waals surface area contributed by atoms with E-state index in [2.05, 4.69) is 18.8 Å². The first kappa shape index (κ1) is 11.6. The Labute approximate surface area is 80.5 Å². The highest BCUT2D eigenvalue weighted by Crippen LogP contribution is 1.96. The third-order valence-corrected chi connectivity index (χ3v) is 1.20. The molecule has 0 aliphatic carbocycles. The van der Waals surface area contributed by atoms with Crippen molar-refractivity contribution in [1.29, 1.82) is 0 Å². The van der Waals surface area contributed by atoms with E-state index in [1.54, 1.807) is 12.1 Å². The fraction of sp³-hybridized carbons (Fsp3) is 0.400. The number of nitrogens with zero attached hydrogens (tertiary/aromatic N) is 1. The van der Waals surface area contributed by atoms with Crippen LogP contribution in [0.2, 0.25) is 0 Å². The Kier molecular flexibility index (Phi) is 5.52. The van der Waals surface area contributed by atoms with Gasteiger partial charge in [0.05, 0.1) is 5.56 Å². The minimum Gasteiger partial charge on any atom is -0.366 e. The van der Waals surface area contributed by atoms with E-state index in [0.717, 1.165) is 5.69 Å². The molecular formula is C10H18N2O. The molecule has 0 unspecified atom stereocenters. The molecule has 0 fully saturated rings. The lowest BCUT2D eigenvalue weighted by atomic mass is 10.2. The molecule has 0 saturated carbocycles. The van der Waals surface area contributed by atoms with E-state index in [1.807, 2.05) is 6.92 Å². The molecule has 1 aromatic rings. The molecule has 1 amide bonds. The van der Waals surface area contributed by atoms with Gasteiger partial charge in [0.1, 0.15) is 0 Å². The Bertz CT molecular complexity index is 259. The Hall–Kier alpha value is -1.38. The van der Waals surface area contributed by atoms with Crippen LogP contribution in [0, 0.1) is 6.92 Å². The number of pyridine rings is 1. The fourth-order valence-corrected chi connectivity index (χ4v) is 0.614. The van der Waals surface area contributed by atoms with Gasteiger partial charge < -0.3 is 5.73 Å². The largest absolute Gasteiger partial charge is 0.366 e. The van der Waals surface area contributed by atoms with E-state index < -0.39 is 5.91 Å². The lowest BCUT2D eigenvalue weighted by molar-refractivity contribution is 0.1000. The third-order valence-electron chi connectivity index (χ3n) is 1.20. The van der Waals surface area contributed by atoms with Crippen LogP contribution in [0.4, 0.5) is 0 Å². The highest BCUT2D eigenvalue weighted by Gasteiger charge is 1.97. The van der Waals surface area contributed by atoms with E-state index in [9.17, 15) is 4.79 Å². The lowest BCUT2D eigenvalue weighted by Crippen LogP contribution is -2.10. The maximum Gasteiger partial charge on any atom is 0.250 e. The zero-order valence-electron chi connectivity index (χ0n) is 8.37. The molecular weight excluding hydrogens is 164 g/mol. The van der Waals surface area contributed by atoms with Gasteiger partial charge in [0, 0.05) is 13.3 Å². The van der Waals surface area contributed by atoms with Crippen LogP contribution >= 0.6 is 0 Å². The number of hydrogen-bond donors (Lipinski definition) is 1. The van der Waals surface area contributed by atoms with Crippen molar-refractivity contribution < 1.29 is 6.22 Å². The van der Waals surface area contributed by atoms with Gasteiger partial charge in [-0.3, -0.25) is 9.78 Å². The summed E-state index contributed by atoms with van der Waals surface area (Å²) in [7, 11) is 0. The van der Waals surface area contributed by atoms with Crippen molar-refractivity contribution in [3.63, 3.8) is 0 Å². The first-order valence-corrected chi connectivity index (χ1v) is 4.34. The van der Waals surface area contributed by atoms with Crippen LogP contribution in [0.25, 0.3) is 0 Å². The standard InChI is InChI=1S/C7H8N2O.C3H8.H2/c1-5-2-3-6(4-9-5)7(8)10;1-3-2;/h2-4H,1H3,(H2,8,10);3H2,1-2H3;1H. The van der Waals surface area contributed by atoms with E-state index in [0.29, 0.717) is 5.56 Å². The van der Waals surface area contributed by atoms with Crippen LogP contribution in [0.1, 0.15) is 37.7 Å². The van der Waals surface area contributed by atoms with Gasteiger partial charge in [-0.2, -0.15) is 0 Å². The summed E-state index contributed by atoms with van der Waals surface area (Å²) < 4.78 is 0. The zero-order valence-corrected chi connectivity index (χ0v) is 8.37. The van der Waals surface area contributed by atoms with Crippen LogP contribution in [-0.2, 0) is 0 Å². The molecule has 74 valence electrons. The van der Waals surface area contributed by atoms with E-state index in [4.69, 9.17) is 5.73 Å². The van der Waals surface area contributed by atoms with Crippen molar-refractivity contribution in [2.75, 3.05) is 0 Å². The normalized spacial score (nSPS) is 8.54. The number of carbonyl (C=O) groups excluding carboxylic acids is 1. The summed E-state index contributed by atoms with van der Waals surface area (Å²) in [5, 5.41) is 0. The predicted molar refractivity (Wildman–Crippen MR) is 55.6 cm³/mol. The summed E-state index contributed by atoms with van der Waals surface area (Å²) in [5.41, 5.74) is 6.31. The number of aromatic nitrogens is 1. The van der Waals surface area contributed by atoms with Gasteiger partial charge in [-0.1, -0.05) is 20.3 Å². The number of amides is 1. The van der Waals surface area contributed by atoms with Gasteiger partial charge in [0.15, 0.2) is 0 Å². The molecule has 2 N–H and O–H groups in total. The van der Waals surface area contributed by atoms with Crippen LogP contribution in [-0.4, -0.2) is 10.9 Å². The molecule has 1 heterocycles. The molecule has 0 saturated heterocycles. The van der Waals surface area contributed by atoms with Crippen molar-refractivity contribution in [2.45, 2.75) is 27.2 Å². The lowest BCUT2D eigenvalue weighted by Gasteiger charge is -1.93. The minimum absolute atomic E-state index is 0. The van der Waals surface area contributed by atoms with Crippen LogP contribution in [0.5, 0.6) is 0 Å². The van der Waals surface area contributed by atoms with Gasteiger partial charge in [0.2, 0.25) is 5.91 Å². The zero-order chi connectivity index (χ0) is 10.3. The molecule has 3 nitrogen and oxygen atoms in total. The maximum absolute atomic E-state index is 10.5. The number of carbonyl (C=O) groups is 1. The smallest absolute Gasteiger partial charge is 0.250 e.